The van der Waals surface area contributed by atoms with E-state index in [1.165, 1.54) is 17.2 Å². The summed E-state index contributed by atoms with van der Waals surface area (Å²) in [6.07, 6.45) is 3.24. The van der Waals surface area contributed by atoms with Gasteiger partial charge in [0.2, 0.25) is 5.89 Å². The Morgan fingerprint density at radius 3 is 3.00 bits per heavy atom. The second kappa shape index (κ2) is 6.50. The first kappa shape index (κ1) is 17.5. The van der Waals surface area contributed by atoms with Crippen LogP contribution < -0.4 is 0 Å². The number of carbonyl (C=O) groups excluding carboxylic acids is 1. The molecule has 4 aromatic rings. The minimum absolute atomic E-state index is 0.198. The molecular formula is C19H16F2N6O2. The minimum atomic E-state index is -2.92. The second-order valence-corrected chi connectivity index (χ2v) is 6.83. The number of nitrogens with zero attached hydrogens (tertiary/aromatic N) is 5. The summed E-state index contributed by atoms with van der Waals surface area (Å²) in [5.41, 5.74) is 3.47. The molecule has 29 heavy (non-hydrogen) atoms. The van der Waals surface area contributed by atoms with Gasteiger partial charge in [-0.1, -0.05) is 12.1 Å². The average molecular weight is 398 g/mol. The first-order valence-corrected chi connectivity index (χ1v) is 9.05. The number of carbonyl (C=O) groups is 1. The molecule has 0 saturated heterocycles. The number of fused-ring (bicyclic) bond motifs is 2. The Hall–Kier alpha value is -3.56. The molecule has 0 aliphatic carbocycles. The highest BCUT2D eigenvalue weighted by molar-refractivity contribution is 5.93. The molecule has 1 aliphatic heterocycles. The zero-order chi connectivity index (χ0) is 20.1. The van der Waals surface area contributed by atoms with Crippen molar-refractivity contribution in [3.05, 3.63) is 65.3 Å². The van der Waals surface area contributed by atoms with Gasteiger partial charge >= 0.3 is 6.55 Å². The van der Waals surface area contributed by atoms with Crippen LogP contribution in [-0.2, 0) is 6.42 Å². The first-order chi connectivity index (χ1) is 14.0. The van der Waals surface area contributed by atoms with E-state index in [1.807, 2.05) is 19.1 Å². The zero-order valence-corrected chi connectivity index (χ0v) is 15.3. The summed E-state index contributed by atoms with van der Waals surface area (Å²) < 4.78 is 32.9. The first-order valence-electron chi connectivity index (χ1n) is 9.05. The maximum absolute atomic E-state index is 13.3. The monoisotopic (exact) mass is 398 g/mol. The molecule has 0 fully saturated rings. The highest BCUT2D eigenvalue weighted by Crippen LogP contribution is 2.36. The largest absolute Gasteiger partial charge is 0.438 e. The number of hydrogen-bond donors (Lipinski definition) is 1. The molecule has 1 atom stereocenters. The van der Waals surface area contributed by atoms with Crippen LogP contribution in [0.3, 0.4) is 0 Å². The molecule has 8 nitrogen and oxygen atoms in total. The summed E-state index contributed by atoms with van der Waals surface area (Å²) in [4.78, 5) is 26.7. The predicted octanol–water partition coefficient (Wildman–Crippen LogP) is 3.24. The van der Waals surface area contributed by atoms with Crippen LogP contribution in [0.5, 0.6) is 0 Å². The van der Waals surface area contributed by atoms with Crippen molar-refractivity contribution in [3.8, 4) is 0 Å². The SMILES string of the molecule is Cc1cccc2oc([C@@H]3c4nc[nH]c4CCN3C(=O)c3ccnn3C(F)F)nc12. The van der Waals surface area contributed by atoms with Crippen molar-refractivity contribution in [2.45, 2.75) is 25.9 Å². The molecule has 5 rings (SSSR count). The molecule has 3 aromatic heterocycles. The van der Waals surface area contributed by atoms with E-state index in [9.17, 15) is 13.6 Å². The number of nitrogens with one attached hydrogen (secondary N) is 1. The number of amides is 1. The van der Waals surface area contributed by atoms with Crippen LogP contribution >= 0.6 is 0 Å². The summed E-state index contributed by atoms with van der Waals surface area (Å²) in [7, 11) is 0. The van der Waals surface area contributed by atoms with Gasteiger partial charge < -0.3 is 14.3 Å². The van der Waals surface area contributed by atoms with E-state index in [2.05, 4.69) is 20.1 Å². The lowest BCUT2D eigenvalue weighted by atomic mass is 10.0. The van der Waals surface area contributed by atoms with Gasteiger partial charge in [-0.3, -0.25) is 4.79 Å². The van der Waals surface area contributed by atoms with Gasteiger partial charge in [0, 0.05) is 24.9 Å². The highest BCUT2D eigenvalue weighted by Gasteiger charge is 2.39. The van der Waals surface area contributed by atoms with E-state index in [0.29, 0.717) is 40.3 Å². The lowest BCUT2D eigenvalue weighted by molar-refractivity contribution is 0.0435. The third-order valence-electron chi connectivity index (χ3n) is 5.13. The molecule has 1 N–H and O–H groups in total. The second-order valence-electron chi connectivity index (χ2n) is 6.83. The summed E-state index contributed by atoms with van der Waals surface area (Å²) in [6, 6.07) is 6.12. The molecule has 1 aliphatic rings. The van der Waals surface area contributed by atoms with Gasteiger partial charge in [-0.15, -0.1) is 0 Å². The number of oxazole rings is 1. The molecule has 0 bridgehead atoms. The number of alkyl halides is 2. The Labute approximate surface area is 163 Å². The van der Waals surface area contributed by atoms with E-state index in [0.717, 1.165) is 11.3 Å². The third-order valence-corrected chi connectivity index (χ3v) is 5.13. The topological polar surface area (TPSA) is 92.8 Å². The Kier molecular flexibility index (Phi) is 3.93. The van der Waals surface area contributed by atoms with Gasteiger partial charge in [-0.25, -0.2) is 9.97 Å². The number of halogens is 2. The van der Waals surface area contributed by atoms with Crippen molar-refractivity contribution in [2.75, 3.05) is 6.54 Å². The quantitative estimate of drug-likeness (QED) is 0.572. The van der Waals surface area contributed by atoms with E-state index >= 15 is 0 Å². The van der Waals surface area contributed by atoms with E-state index < -0.39 is 18.5 Å². The lowest BCUT2D eigenvalue weighted by Crippen LogP contribution is -2.41. The third kappa shape index (κ3) is 2.71. The van der Waals surface area contributed by atoms with Crippen LogP contribution in [0.25, 0.3) is 11.1 Å². The molecule has 1 amide bonds. The summed E-state index contributed by atoms with van der Waals surface area (Å²) in [6.45, 7) is -0.704. The van der Waals surface area contributed by atoms with Crippen molar-refractivity contribution in [1.29, 1.82) is 0 Å². The Morgan fingerprint density at radius 1 is 1.34 bits per heavy atom. The van der Waals surface area contributed by atoms with Crippen LogP contribution in [0.1, 0.15) is 45.9 Å². The Morgan fingerprint density at radius 2 is 2.21 bits per heavy atom. The molecule has 0 saturated carbocycles. The van der Waals surface area contributed by atoms with Crippen LogP contribution in [0.2, 0.25) is 0 Å². The standard InChI is InChI=1S/C19H16F2N6O2/c1-10-3-2-4-13-14(10)25-17(29-13)16-15-11(22-9-23-15)6-8-26(16)18(28)12-5-7-24-27(12)19(20)21/h2-5,7,9,16,19H,6,8H2,1H3,(H,22,23)/t16-/m0/s1. The van der Waals surface area contributed by atoms with Crippen molar-refractivity contribution < 1.29 is 18.0 Å². The van der Waals surface area contributed by atoms with E-state index in [4.69, 9.17) is 4.42 Å². The number of para-hydroxylation sites is 1. The zero-order valence-electron chi connectivity index (χ0n) is 15.3. The number of imidazole rings is 1. The number of benzene rings is 1. The van der Waals surface area contributed by atoms with Crippen molar-refractivity contribution in [3.63, 3.8) is 0 Å². The van der Waals surface area contributed by atoms with Crippen molar-refractivity contribution >= 4 is 17.0 Å². The molecular weight excluding hydrogens is 382 g/mol. The van der Waals surface area contributed by atoms with Crippen molar-refractivity contribution in [1.82, 2.24) is 29.6 Å². The molecule has 0 unspecified atom stereocenters. The summed E-state index contributed by atoms with van der Waals surface area (Å²) in [5, 5.41) is 3.57. The lowest BCUT2D eigenvalue weighted by Gasteiger charge is -2.33. The smallest absolute Gasteiger partial charge is 0.333 e. The molecule has 0 spiro atoms. The van der Waals surface area contributed by atoms with Crippen LogP contribution in [0.4, 0.5) is 8.78 Å². The number of aromatic nitrogens is 5. The fourth-order valence-electron chi connectivity index (χ4n) is 3.75. The van der Waals surface area contributed by atoms with Gasteiger partial charge in [0.05, 0.1) is 12.0 Å². The number of aromatic amines is 1. The summed E-state index contributed by atoms with van der Waals surface area (Å²) >= 11 is 0. The van der Waals surface area contributed by atoms with Crippen LogP contribution in [0, 0.1) is 6.92 Å². The molecule has 0 radical (unpaired) electrons. The Balaban J connectivity index is 1.63. The number of hydrogen-bond acceptors (Lipinski definition) is 5. The highest BCUT2D eigenvalue weighted by atomic mass is 19.3. The maximum Gasteiger partial charge on any atom is 0.333 e. The normalized spacial score (nSPS) is 16.6. The molecule has 148 valence electrons. The van der Waals surface area contributed by atoms with Gasteiger partial charge in [-0.2, -0.15) is 18.6 Å². The minimum Gasteiger partial charge on any atom is -0.438 e. The van der Waals surface area contributed by atoms with Gasteiger partial charge in [0.1, 0.15) is 11.2 Å². The van der Waals surface area contributed by atoms with Gasteiger partial charge in [-0.05, 0) is 24.6 Å². The van der Waals surface area contributed by atoms with Gasteiger partial charge in [0.15, 0.2) is 11.6 Å². The van der Waals surface area contributed by atoms with Crippen molar-refractivity contribution in [2.24, 2.45) is 0 Å². The number of rotatable bonds is 3. The maximum atomic E-state index is 13.3. The molecule has 1 aromatic carbocycles. The number of aryl methyl sites for hydroxylation is 1. The fraction of sp³-hybridized carbons (Fsp3) is 0.263. The number of H-pyrrole nitrogens is 1. The molecule has 4 heterocycles. The van der Waals surface area contributed by atoms with Crippen LogP contribution in [-0.4, -0.2) is 42.1 Å². The van der Waals surface area contributed by atoms with E-state index in [-0.39, 0.29) is 5.69 Å². The van der Waals surface area contributed by atoms with Crippen LogP contribution in [0.15, 0.2) is 41.2 Å². The molecule has 10 heteroatoms. The predicted molar refractivity (Wildman–Crippen MR) is 97.4 cm³/mol. The Bertz CT molecular complexity index is 1210. The van der Waals surface area contributed by atoms with Gasteiger partial charge in [0.25, 0.3) is 5.91 Å². The average Bonchev–Trinajstić information content (AvgIpc) is 3.44. The fourth-order valence-corrected chi connectivity index (χ4v) is 3.75. The summed E-state index contributed by atoms with van der Waals surface area (Å²) in [5.74, 6) is -0.292. The van der Waals surface area contributed by atoms with E-state index in [1.54, 1.807) is 12.4 Å².